The van der Waals surface area contributed by atoms with Gasteiger partial charge in [0.25, 0.3) is 0 Å². The Balaban J connectivity index is 3.73. The van der Waals surface area contributed by atoms with Crippen LogP contribution in [0.15, 0.2) is 0 Å². The Morgan fingerprint density at radius 2 is 1.31 bits per heavy atom. The predicted octanol–water partition coefficient (Wildman–Crippen LogP) is 2.21. The van der Waals surface area contributed by atoms with E-state index in [1.54, 1.807) is 14.2 Å². The Morgan fingerprint density at radius 3 is 1.54 bits per heavy atom. The van der Waals surface area contributed by atoms with Gasteiger partial charge in [-0.1, -0.05) is 0 Å². The molecule has 0 bridgehead atoms. The topological polar surface area (TPSA) is 27.7 Å². The first-order valence-electron chi connectivity index (χ1n) is 4.11. The second kappa shape index (κ2) is 9.03. The molecule has 0 N–H and O–H groups in total. The first-order chi connectivity index (χ1) is 6.28. The first-order valence-corrected chi connectivity index (χ1v) is 5.18. The van der Waals surface area contributed by atoms with E-state index in [0.29, 0.717) is 24.6 Å². The van der Waals surface area contributed by atoms with E-state index in [-0.39, 0.29) is 12.6 Å². The van der Waals surface area contributed by atoms with Crippen LogP contribution >= 0.6 is 23.2 Å². The zero-order valence-corrected chi connectivity index (χ0v) is 9.48. The fourth-order valence-corrected chi connectivity index (χ4v) is 1.19. The lowest BCUT2D eigenvalue weighted by atomic mass is 10.4. The molecule has 5 heteroatoms. The highest BCUT2D eigenvalue weighted by atomic mass is 35.5. The summed E-state index contributed by atoms with van der Waals surface area (Å²) in [4.78, 5) is 0. The van der Waals surface area contributed by atoms with E-state index in [0.717, 1.165) is 0 Å². The van der Waals surface area contributed by atoms with Crippen molar-refractivity contribution in [2.24, 2.45) is 0 Å². The maximum absolute atomic E-state index is 5.55. The van der Waals surface area contributed by atoms with E-state index in [1.807, 2.05) is 0 Å². The summed E-state index contributed by atoms with van der Waals surface area (Å²) in [6.45, 7) is 0. The molecule has 80 valence electrons. The third-order valence-corrected chi connectivity index (χ3v) is 1.96. The molecule has 2 unspecified atom stereocenters. The normalized spacial score (nSPS) is 15.7. The third kappa shape index (κ3) is 6.52. The number of ether oxygens (including phenoxy) is 3. The Bertz CT molecular complexity index is 102. The molecule has 0 heterocycles. The molecule has 0 aliphatic carbocycles. The summed E-state index contributed by atoms with van der Waals surface area (Å²) in [6.07, 6.45) is 0.650. The second-order valence-electron chi connectivity index (χ2n) is 2.42. The number of hydrogen-bond acceptors (Lipinski definition) is 3. The van der Waals surface area contributed by atoms with E-state index >= 15 is 0 Å². The van der Waals surface area contributed by atoms with Gasteiger partial charge in [-0.15, -0.1) is 23.2 Å². The first kappa shape index (κ1) is 13.5. The number of rotatable bonds is 8. The molecule has 0 aliphatic heterocycles. The van der Waals surface area contributed by atoms with Crippen LogP contribution in [0.1, 0.15) is 12.8 Å². The molecule has 0 fully saturated rings. The van der Waals surface area contributed by atoms with E-state index in [2.05, 4.69) is 0 Å². The molecule has 0 radical (unpaired) electrons. The van der Waals surface area contributed by atoms with E-state index < -0.39 is 0 Å². The van der Waals surface area contributed by atoms with E-state index in [9.17, 15) is 0 Å². The predicted molar refractivity (Wildman–Crippen MR) is 53.4 cm³/mol. The van der Waals surface area contributed by atoms with Crippen LogP contribution in [0.4, 0.5) is 0 Å². The minimum absolute atomic E-state index is 0.314. The van der Waals surface area contributed by atoms with Crippen molar-refractivity contribution in [3.05, 3.63) is 0 Å². The van der Waals surface area contributed by atoms with Gasteiger partial charge in [0, 0.05) is 38.8 Å². The molecule has 0 aromatic carbocycles. The minimum atomic E-state index is -0.314. The van der Waals surface area contributed by atoms with Gasteiger partial charge in [-0.2, -0.15) is 0 Å². The van der Waals surface area contributed by atoms with Crippen molar-refractivity contribution in [1.29, 1.82) is 0 Å². The quantitative estimate of drug-likeness (QED) is 0.473. The number of methoxy groups -OCH3 is 2. The lowest BCUT2D eigenvalue weighted by Crippen LogP contribution is -2.26. The van der Waals surface area contributed by atoms with Gasteiger partial charge in [0.05, 0.1) is 0 Å². The average molecular weight is 231 g/mol. The van der Waals surface area contributed by atoms with Gasteiger partial charge in [0.15, 0.2) is 12.6 Å². The van der Waals surface area contributed by atoms with Crippen molar-refractivity contribution in [2.45, 2.75) is 25.4 Å². The van der Waals surface area contributed by atoms with Crippen LogP contribution in [0.2, 0.25) is 0 Å². The molecule has 0 aliphatic rings. The van der Waals surface area contributed by atoms with E-state index in [4.69, 9.17) is 37.4 Å². The van der Waals surface area contributed by atoms with Crippen LogP contribution in [0, 0.1) is 0 Å². The maximum atomic E-state index is 5.55. The smallest absolute Gasteiger partial charge is 0.161 e. The summed E-state index contributed by atoms with van der Waals surface area (Å²) in [5.74, 6) is 0.992. The molecule has 0 rings (SSSR count). The molecule has 0 aromatic heterocycles. The van der Waals surface area contributed by atoms with Crippen LogP contribution in [-0.2, 0) is 14.2 Å². The van der Waals surface area contributed by atoms with Gasteiger partial charge in [0.2, 0.25) is 0 Å². The van der Waals surface area contributed by atoms with Crippen LogP contribution in [0.3, 0.4) is 0 Å². The molecule has 3 nitrogen and oxygen atoms in total. The van der Waals surface area contributed by atoms with Crippen LogP contribution in [-0.4, -0.2) is 38.6 Å². The van der Waals surface area contributed by atoms with Gasteiger partial charge in [-0.3, -0.25) is 0 Å². The Hall–Kier alpha value is 0.460. The fraction of sp³-hybridized carbons (Fsp3) is 1.00. The van der Waals surface area contributed by atoms with E-state index in [1.165, 1.54) is 0 Å². The lowest BCUT2D eigenvalue weighted by molar-refractivity contribution is -0.229. The van der Waals surface area contributed by atoms with Crippen molar-refractivity contribution >= 4 is 23.2 Å². The molecule has 2 atom stereocenters. The van der Waals surface area contributed by atoms with Crippen molar-refractivity contribution < 1.29 is 14.2 Å². The van der Waals surface area contributed by atoms with Gasteiger partial charge < -0.3 is 14.2 Å². The highest BCUT2D eigenvalue weighted by molar-refractivity contribution is 6.18. The summed E-state index contributed by atoms with van der Waals surface area (Å²) in [6, 6.07) is 0. The van der Waals surface area contributed by atoms with Gasteiger partial charge in [-0.25, -0.2) is 0 Å². The van der Waals surface area contributed by atoms with Crippen molar-refractivity contribution in [1.82, 2.24) is 0 Å². The van der Waals surface area contributed by atoms with Gasteiger partial charge >= 0.3 is 0 Å². The summed E-state index contributed by atoms with van der Waals surface area (Å²) in [7, 11) is 3.15. The molecule has 0 amide bonds. The number of alkyl halides is 2. The fourth-order valence-electron chi connectivity index (χ4n) is 0.830. The summed E-state index contributed by atoms with van der Waals surface area (Å²) < 4.78 is 15.5. The van der Waals surface area contributed by atoms with Gasteiger partial charge in [0.1, 0.15) is 0 Å². The Kier molecular flexibility index (Phi) is 9.35. The average Bonchev–Trinajstić information content (AvgIpc) is 2.16. The molecular weight excluding hydrogens is 215 g/mol. The maximum Gasteiger partial charge on any atom is 0.161 e. The van der Waals surface area contributed by atoms with Crippen LogP contribution in [0.25, 0.3) is 0 Å². The number of hydrogen-bond donors (Lipinski definition) is 0. The summed E-state index contributed by atoms with van der Waals surface area (Å²) >= 11 is 11.1. The minimum Gasteiger partial charge on any atom is -0.356 e. The Morgan fingerprint density at radius 1 is 0.923 bits per heavy atom. The molecule has 13 heavy (non-hydrogen) atoms. The van der Waals surface area contributed by atoms with Crippen molar-refractivity contribution in [2.75, 3.05) is 26.0 Å². The van der Waals surface area contributed by atoms with Gasteiger partial charge in [-0.05, 0) is 0 Å². The monoisotopic (exact) mass is 230 g/mol. The second-order valence-corrected chi connectivity index (χ2v) is 3.18. The SMILES string of the molecule is COC(CCCl)OC(CCCl)OC. The highest BCUT2D eigenvalue weighted by Gasteiger charge is 2.14. The van der Waals surface area contributed by atoms with Crippen molar-refractivity contribution in [3.8, 4) is 0 Å². The van der Waals surface area contributed by atoms with Crippen LogP contribution in [0.5, 0.6) is 0 Å². The third-order valence-electron chi connectivity index (χ3n) is 1.52. The molecule has 0 aromatic rings. The molecule has 0 saturated carbocycles. The summed E-state index contributed by atoms with van der Waals surface area (Å²) in [5, 5.41) is 0. The number of halogens is 2. The molecule has 0 saturated heterocycles. The van der Waals surface area contributed by atoms with Crippen molar-refractivity contribution in [3.63, 3.8) is 0 Å². The zero-order valence-electron chi connectivity index (χ0n) is 7.96. The lowest BCUT2D eigenvalue weighted by Gasteiger charge is -2.21. The largest absolute Gasteiger partial charge is 0.356 e. The molecular formula is C8H16Cl2O3. The standard InChI is InChI=1S/C8H16Cl2O3/c1-11-7(3-5-9)13-8(12-2)4-6-10/h7-8H,3-6H2,1-2H3. The van der Waals surface area contributed by atoms with Crippen LogP contribution < -0.4 is 0 Å². The zero-order chi connectivity index (χ0) is 10.1. The highest BCUT2D eigenvalue weighted by Crippen LogP contribution is 2.09. The Labute approximate surface area is 89.2 Å². The molecule has 0 spiro atoms. The summed E-state index contributed by atoms with van der Waals surface area (Å²) in [5.41, 5.74) is 0.